The topological polar surface area (TPSA) is 35.2 Å². The Bertz CT molecular complexity index is 339. The van der Waals surface area contributed by atoms with Crippen LogP contribution in [-0.2, 0) is 4.74 Å². The van der Waals surface area contributed by atoms with Gasteiger partial charge in [0.25, 0.3) is 0 Å². The van der Waals surface area contributed by atoms with Gasteiger partial charge in [0.05, 0.1) is 0 Å². The number of nitrogen functional groups attached to an aromatic ring is 1. The van der Waals surface area contributed by atoms with Gasteiger partial charge in [-0.1, -0.05) is 0 Å². The molecule has 82 valence electrons. The number of thioether (sulfide) groups is 1. The minimum atomic E-state index is -0.216. The summed E-state index contributed by atoms with van der Waals surface area (Å²) in [5.74, 6) is -0.216. The quantitative estimate of drug-likeness (QED) is 0.789. The van der Waals surface area contributed by atoms with Gasteiger partial charge in [0.2, 0.25) is 0 Å². The Hall–Kier alpha value is -0.740. The average molecular weight is 227 g/mol. The summed E-state index contributed by atoms with van der Waals surface area (Å²) >= 11 is 1.59. The molecule has 1 saturated heterocycles. The minimum Gasteiger partial charge on any atom is -0.399 e. The molecule has 1 aromatic rings. The molecular weight excluding hydrogens is 213 g/mol. The number of hydrogen-bond acceptors (Lipinski definition) is 3. The highest BCUT2D eigenvalue weighted by Gasteiger charge is 2.16. The van der Waals surface area contributed by atoms with E-state index in [0.717, 1.165) is 26.1 Å². The van der Waals surface area contributed by atoms with Crippen LogP contribution in [0.5, 0.6) is 0 Å². The van der Waals surface area contributed by atoms with Gasteiger partial charge in [0.15, 0.2) is 0 Å². The predicted molar refractivity (Wildman–Crippen MR) is 60.5 cm³/mol. The third kappa shape index (κ3) is 2.86. The highest BCUT2D eigenvalue weighted by Crippen LogP contribution is 2.32. The van der Waals surface area contributed by atoms with Crippen LogP contribution in [0.2, 0.25) is 0 Å². The van der Waals surface area contributed by atoms with Crippen molar-refractivity contribution in [2.45, 2.75) is 23.0 Å². The van der Waals surface area contributed by atoms with Gasteiger partial charge in [-0.15, -0.1) is 11.8 Å². The van der Waals surface area contributed by atoms with Crippen molar-refractivity contribution >= 4 is 17.4 Å². The second-order valence-electron chi connectivity index (χ2n) is 3.62. The van der Waals surface area contributed by atoms with Gasteiger partial charge < -0.3 is 10.5 Å². The molecule has 0 unspecified atom stereocenters. The summed E-state index contributed by atoms with van der Waals surface area (Å²) in [6.07, 6.45) is 1.99. The third-order valence-corrected chi connectivity index (χ3v) is 3.81. The monoisotopic (exact) mass is 227 g/mol. The lowest BCUT2D eigenvalue weighted by molar-refractivity contribution is 0.1000. The van der Waals surface area contributed by atoms with Crippen molar-refractivity contribution in [1.82, 2.24) is 0 Å². The maximum absolute atomic E-state index is 13.5. The molecule has 2 rings (SSSR count). The minimum absolute atomic E-state index is 0.216. The average Bonchev–Trinajstić information content (AvgIpc) is 2.24. The van der Waals surface area contributed by atoms with E-state index in [-0.39, 0.29) is 5.82 Å². The Kier molecular flexibility index (Phi) is 3.49. The second kappa shape index (κ2) is 4.86. The smallest absolute Gasteiger partial charge is 0.138 e. The summed E-state index contributed by atoms with van der Waals surface area (Å²) < 4.78 is 18.7. The van der Waals surface area contributed by atoms with Gasteiger partial charge >= 0.3 is 0 Å². The van der Waals surface area contributed by atoms with Gasteiger partial charge in [-0.25, -0.2) is 4.39 Å². The van der Waals surface area contributed by atoms with Gasteiger partial charge in [-0.2, -0.15) is 0 Å². The van der Waals surface area contributed by atoms with Crippen LogP contribution in [0.25, 0.3) is 0 Å². The molecule has 0 amide bonds. The number of hydrogen-bond donors (Lipinski definition) is 1. The van der Waals surface area contributed by atoms with Crippen LogP contribution < -0.4 is 5.73 Å². The molecule has 2 N–H and O–H groups in total. The molecule has 0 atom stereocenters. The summed E-state index contributed by atoms with van der Waals surface area (Å²) in [7, 11) is 0. The maximum atomic E-state index is 13.5. The summed E-state index contributed by atoms with van der Waals surface area (Å²) in [5.41, 5.74) is 5.97. The van der Waals surface area contributed by atoms with Gasteiger partial charge in [0.1, 0.15) is 5.82 Å². The van der Waals surface area contributed by atoms with Crippen LogP contribution in [0.3, 0.4) is 0 Å². The second-order valence-corrected chi connectivity index (χ2v) is 4.96. The van der Waals surface area contributed by atoms with E-state index in [2.05, 4.69) is 0 Å². The van der Waals surface area contributed by atoms with Crippen LogP contribution in [0.15, 0.2) is 23.1 Å². The van der Waals surface area contributed by atoms with Crippen LogP contribution in [0, 0.1) is 5.82 Å². The summed E-state index contributed by atoms with van der Waals surface area (Å²) in [4.78, 5) is 0.691. The molecule has 15 heavy (non-hydrogen) atoms. The van der Waals surface area contributed by atoms with E-state index < -0.39 is 0 Å². The predicted octanol–water partition coefficient (Wildman–Crippen LogP) is 2.68. The van der Waals surface area contributed by atoms with Crippen molar-refractivity contribution in [3.63, 3.8) is 0 Å². The fraction of sp³-hybridized carbons (Fsp3) is 0.455. The third-order valence-electron chi connectivity index (χ3n) is 2.42. The molecule has 1 heterocycles. The molecule has 0 spiro atoms. The van der Waals surface area contributed by atoms with Crippen LogP contribution >= 0.6 is 11.8 Å². The standard InChI is InChI=1S/C11H14FNOS/c12-10-7-8(13)1-2-11(10)15-9-3-5-14-6-4-9/h1-2,7,9H,3-6,13H2. The molecule has 0 saturated carbocycles. The number of benzene rings is 1. The first-order valence-corrected chi connectivity index (χ1v) is 5.93. The van der Waals surface area contributed by atoms with Crippen LogP contribution in [0.4, 0.5) is 10.1 Å². The molecule has 0 aliphatic carbocycles. The van der Waals surface area contributed by atoms with Crippen molar-refractivity contribution in [1.29, 1.82) is 0 Å². The number of anilines is 1. The van der Waals surface area contributed by atoms with E-state index in [9.17, 15) is 4.39 Å². The molecule has 1 aliphatic heterocycles. The maximum Gasteiger partial charge on any atom is 0.138 e. The molecule has 2 nitrogen and oxygen atoms in total. The van der Waals surface area contributed by atoms with Crippen LogP contribution in [-0.4, -0.2) is 18.5 Å². The van der Waals surface area contributed by atoms with E-state index in [4.69, 9.17) is 10.5 Å². The zero-order chi connectivity index (χ0) is 10.7. The van der Waals surface area contributed by atoms with Gasteiger partial charge in [0, 0.05) is 29.0 Å². The van der Waals surface area contributed by atoms with E-state index >= 15 is 0 Å². The Morgan fingerprint density at radius 3 is 2.73 bits per heavy atom. The summed E-state index contributed by atoms with van der Waals surface area (Å²) in [6.45, 7) is 1.57. The van der Waals surface area contributed by atoms with Gasteiger partial charge in [-0.05, 0) is 31.0 Å². The Labute approximate surface area is 93.0 Å². The van der Waals surface area contributed by atoms with Crippen molar-refractivity contribution in [2.24, 2.45) is 0 Å². The molecule has 0 aromatic heterocycles. The number of ether oxygens (including phenoxy) is 1. The highest BCUT2D eigenvalue weighted by molar-refractivity contribution is 8.00. The Morgan fingerprint density at radius 1 is 1.33 bits per heavy atom. The van der Waals surface area contributed by atoms with E-state index in [1.807, 2.05) is 0 Å². The summed E-state index contributed by atoms with van der Waals surface area (Å²) in [5, 5.41) is 0.469. The molecule has 1 aliphatic rings. The first kappa shape index (κ1) is 10.8. The Morgan fingerprint density at radius 2 is 2.07 bits per heavy atom. The molecule has 4 heteroatoms. The SMILES string of the molecule is Nc1ccc(SC2CCOCC2)c(F)c1. The summed E-state index contributed by atoms with van der Waals surface area (Å²) in [6, 6.07) is 4.87. The largest absolute Gasteiger partial charge is 0.399 e. The zero-order valence-electron chi connectivity index (χ0n) is 8.41. The van der Waals surface area contributed by atoms with E-state index in [1.54, 1.807) is 23.9 Å². The lowest BCUT2D eigenvalue weighted by Gasteiger charge is -2.21. The van der Waals surface area contributed by atoms with Crippen molar-refractivity contribution < 1.29 is 9.13 Å². The van der Waals surface area contributed by atoms with Gasteiger partial charge in [-0.3, -0.25) is 0 Å². The number of halogens is 1. The molecule has 1 fully saturated rings. The lowest BCUT2D eigenvalue weighted by Crippen LogP contribution is -2.17. The molecular formula is C11H14FNOS. The van der Waals surface area contributed by atoms with E-state index in [1.165, 1.54) is 6.07 Å². The lowest BCUT2D eigenvalue weighted by atomic mass is 10.2. The van der Waals surface area contributed by atoms with Crippen molar-refractivity contribution in [3.8, 4) is 0 Å². The first-order valence-electron chi connectivity index (χ1n) is 5.05. The van der Waals surface area contributed by atoms with Crippen LogP contribution in [0.1, 0.15) is 12.8 Å². The molecule has 0 radical (unpaired) electrons. The van der Waals surface area contributed by atoms with Crippen molar-refractivity contribution in [2.75, 3.05) is 18.9 Å². The molecule has 0 bridgehead atoms. The highest BCUT2D eigenvalue weighted by atomic mass is 32.2. The Balaban J connectivity index is 2.03. The first-order chi connectivity index (χ1) is 7.25. The number of rotatable bonds is 2. The molecule has 1 aromatic carbocycles. The normalized spacial score (nSPS) is 17.9. The fourth-order valence-corrected chi connectivity index (χ4v) is 2.69. The zero-order valence-corrected chi connectivity index (χ0v) is 9.23. The fourth-order valence-electron chi connectivity index (χ4n) is 1.59. The van der Waals surface area contributed by atoms with E-state index in [0.29, 0.717) is 15.8 Å². The number of nitrogens with two attached hydrogens (primary N) is 1. The van der Waals surface area contributed by atoms with Crippen molar-refractivity contribution in [3.05, 3.63) is 24.0 Å².